The molecule has 19 heavy (non-hydrogen) atoms. The summed E-state index contributed by atoms with van der Waals surface area (Å²) in [6.07, 6.45) is 4.51. The van der Waals surface area contributed by atoms with E-state index in [9.17, 15) is 0 Å². The smallest absolute Gasteiger partial charge is 0.0712 e. The maximum Gasteiger partial charge on any atom is 0.0712 e. The predicted molar refractivity (Wildman–Crippen MR) is 81.0 cm³/mol. The van der Waals surface area contributed by atoms with Crippen molar-refractivity contribution < 1.29 is 5.11 Å². The molecule has 1 aliphatic rings. The van der Waals surface area contributed by atoms with Crippen LogP contribution in [-0.4, -0.2) is 35.7 Å². The first-order valence-corrected chi connectivity index (χ1v) is 7.76. The number of aliphatic hydroxyl groups excluding tert-OH is 1. The lowest BCUT2D eigenvalue weighted by molar-refractivity contribution is 0.119. The Kier molecular flexibility index (Phi) is 5.96. The highest BCUT2D eigenvalue weighted by Gasteiger charge is 2.24. The SMILES string of the molecule is OCCC1CCCCN1CC(Cl)c1ccc(Cl)cc1. The Balaban J connectivity index is 1.96. The number of alkyl halides is 1. The van der Waals surface area contributed by atoms with Crippen LogP contribution < -0.4 is 0 Å². The number of rotatable bonds is 5. The number of hydrogen-bond donors (Lipinski definition) is 1. The van der Waals surface area contributed by atoms with Gasteiger partial charge in [0.1, 0.15) is 0 Å². The minimum absolute atomic E-state index is 0.0171. The van der Waals surface area contributed by atoms with Gasteiger partial charge in [0.05, 0.1) is 5.38 Å². The summed E-state index contributed by atoms with van der Waals surface area (Å²) in [6, 6.07) is 8.23. The summed E-state index contributed by atoms with van der Waals surface area (Å²) < 4.78 is 0. The monoisotopic (exact) mass is 301 g/mol. The third-order valence-electron chi connectivity index (χ3n) is 3.84. The average molecular weight is 302 g/mol. The van der Waals surface area contributed by atoms with Gasteiger partial charge in [-0.1, -0.05) is 30.2 Å². The fourth-order valence-electron chi connectivity index (χ4n) is 2.76. The molecule has 0 aromatic heterocycles. The Morgan fingerprint density at radius 1 is 1.26 bits per heavy atom. The van der Waals surface area contributed by atoms with Crippen molar-refractivity contribution in [2.45, 2.75) is 37.1 Å². The van der Waals surface area contributed by atoms with E-state index in [1.807, 2.05) is 24.3 Å². The van der Waals surface area contributed by atoms with E-state index in [1.165, 1.54) is 19.3 Å². The van der Waals surface area contributed by atoms with E-state index in [1.54, 1.807) is 0 Å². The Hall–Kier alpha value is -0.280. The molecule has 2 rings (SSSR count). The van der Waals surface area contributed by atoms with Crippen LogP contribution in [0.5, 0.6) is 0 Å². The van der Waals surface area contributed by atoms with E-state index in [0.717, 1.165) is 30.1 Å². The van der Waals surface area contributed by atoms with Crippen molar-refractivity contribution >= 4 is 23.2 Å². The Bertz CT molecular complexity index is 380. The number of likely N-dealkylation sites (tertiary alicyclic amines) is 1. The molecule has 1 aromatic rings. The first-order valence-electron chi connectivity index (χ1n) is 6.95. The standard InChI is InChI=1S/C15H21Cl2NO/c16-13-6-4-12(5-7-13)15(17)11-18-9-2-1-3-14(18)8-10-19/h4-7,14-15,19H,1-3,8-11H2. The van der Waals surface area contributed by atoms with Crippen LogP contribution in [0.25, 0.3) is 0 Å². The van der Waals surface area contributed by atoms with Crippen LogP contribution in [0.1, 0.15) is 36.6 Å². The van der Waals surface area contributed by atoms with Gasteiger partial charge < -0.3 is 5.11 Å². The summed E-state index contributed by atoms with van der Waals surface area (Å²) in [5.41, 5.74) is 1.11. The molecule has 2 atom stereocenters. The van der Waals surface area contributed by atoms with E-state index in [0.29, 0.717) is 6.04 Å². The first kappa shape index (κ1) is 15.1. The molecule has 0 bridgehead atoms. The van der Waals surface area contributed by atoms with Crippen LogP contribution in [0.2, 0.25) is 5.02 Å². The van der Waals surface area contributed by atoms with Crippen LogP contribution >= 0.6 is 23.2 Å². The second-order valence-corrected chi connectivity index (χ2v) is 6.14. The summed E-state index contributed by atoms with van der Waals surface area (Å²) in [5, 5.41) is 9.87. The summed E-state index contributed by atoms with van der Waals surface area (Å²) >= 11 is 12.4. The van der Waals surface area contributed by atoms with E-state index in [-0.39, 0.29) is 12.0 Å². The summed E-state index contributed by atoms with van der Waals surface area (Å²) in [5.74, 6) is 0. The zero-order valence-corrected chi connectivity index (χ0v) is 12.6. The topological polar surface area (TPSA) is 23.5 Å². The number of piperidine rings is 1. The molecular formula is C15H21Cl2NO. The van der Waals surface area contributed by atoms with Gasteiger partial charge in [-0.05, 0) is 43.5 Å². The van der Waals surface area contributed by atoms with Crippen molar-refractivity contribution in [3.05, 3.63) is 34.9 Å². The van der Waals surface area contributed by atoms with Crippen molar-refractivity contribution in [2.24, 2.45) is 0 Å². The lowest BCUT2D eigenvalue weighted by atomic mass is 9.99. The maximum atomic E-state index is 9.14. The van der Waals surface area contributed by atoms with E-state index in [2.05, 4.69) is 4.90 Å². The van der Waals surface area contributed by atoms with Gasteiger partial charge in [0.25, 0.3) is 0 Å². The van der Waals surface area contributed by atoms with Gasteiger partial charge in [0.2, 0.25) is 0 Å². The third kappa shape index (κ3) is 4.35. The minimum Gasteiger partial charge on any atom is -0.396 e. The van der Waals surface area contributed by atoms with Crippen molar-refractivity contribution in [3.63, 3.8) is 0 Å². The number of aliphatic hydroxyl groups is 1. The molecule has 4 heteroatoms. The lowest BCUT2D eigenvalue weighted by Gasteiger charge is -2.36. The molecule has 1 aromatic carbocycles. The second kappa shape index (κ2) is 7.49. The van der Waals surface area contributed by atoms with Crippen LogP contribution in [0.3, 0.4) is 0 Å². The van der Waals surface area contributed by atoms with E-state index >= 15 is 0 Å². The highest BCUT2D eigenvalue weighted by Crippen LogP contribution is 2.27. The Morgan fingerprint density at radius 3 is 2.68 bits per heavy atom. The number of benzene rings is 1. The van der Waals surface area contributed by atoms with Crippen molar-refractivity contribution in [1.82, 2.24) is 4.90 Å². The molecule has 1 aliphatic heterocycles. The van der Waals surface area contributed by atoms with Crippen LogP contribution in [0.15, 0.2) is 24.3 Å². The average Bonchev–Trinajstić information content (AvgIpc) is 2.42. The summed E-state index contributed by atoms with van der Waals surface area (Å²) in [7, 11) is 0. The minimum atomic E-state index is -0.0171. The Morgan fingerprint density at radius 2 is 2.00 bits per heavy atom. The van der Waals surface area contributed by atoms with Crippen LogP contribution in [-0.2, 0) is 0 Å². The molecule has 0 spiro atoms. The zero-order chi connectivity index (χ0) is 13.7. The van der Waals surface area contributed by atoms with Gasteiger partial charge in [-0.3, -0.25) is 4.90 Å². The Labute approximate surface area is 125 Å². The molecular weight excluding hydrogens is 281 g/mol. The molecule has 2 unspecified atom stereocenters. The third-order valence-corrected chi connectivity index (χ3v) is 4.48. The van der Waals surface area contributed by atoms with Crippen LogP contribution in [0, 0.1) is 0 Å². The van der Waals surface area contributed by atoms with Crippen molar-refractivity contribution in [2.75, 3.05) is 19.7 Å². The molecule has 2 nitrogen and oxygen atoms in total. The lowest BCUT2D eigenvalue weighted by Crippen LogP contribution is -2.41. The normalized spacial score (nSPS) is 22.4. The quantitative estimate of drug-likeness (QED) is 0.835. The van der Waals surface area contributed by atoms with Gasteiger partial charge in [-0.25, -0.2) is 0 Å². The predicted octanol–water partition coefficient (Wildman–Crippen LogP) is 3.86. The second-order valence-electron chi connectivity index (χ2n) is 5.18. The van der Waals surface area contributed by atoms with Gasteiger partial charge in [-0.2, -0.15) is 0 Å². The van der Waals surface area contributed by atoms with E-state index in [4.69, 9.17) is 28.3 Å². The fourth-order valence-corrected chi connectivity index (χ4v) is 3.21. The molecule has 0 saturated carbocycles. The van der Waals surface area contributed by atoms with Gasteiger partial charge in [0.15, 0.2) is 0 Å². The summed E-state index contributed by atoms with van der Waals surface area (Å²) in [6.45, 7) is 2.18. The molecule has 1 fully saturated rings. The molecule has 1 heterocycles. The highest BCUT2D eigenvalue weighted by molar-refractivity contribution is 6.30. The molecule has 0 radical (unpaired) electrons. The number of halogens is 2. The number of hydrogen-bond acceptors (Lipinski definition) is 2. The molecule has 106 valence electrons. The zero-order valence-electron chi connectivity index (χ0n) is 11.1. The molecule has 1 N–H and O–H groups in total. The van der Waals surface area contributed by atoms with Gasteiger partial charge in [-0.15, -0.1) is 11.6 Å². The van der Waals surface area contributed by atoms with Crippen molar-refractivity contribution in [3.8, 4) is 0 Å². The summed E-state index contributed by atoms with van der Waals surface area (Å²) in [4.78, 5) is 2.42. The highest BCUT2D eigenvalue weighted by atomic mass is 35.5. The molecule has 1 saturated heterocycles. The number of nitrogens with zero attached hydrogens (tertiary/aromatic N) is 1. The maximum absolute atomic E-state index is 9.14. The van der Waals surface area contributed by atoms with Gasteiger partial charge in [0, 0.05) is 24.2 Å². The molecule has 0 amide bonds. The first-order chi connectivity index (χ1) is 9.20. The van der Waals surface area contributed by atoms with Crippen molar-refractivity contribution in [1.29, 1.82) is 0 Å². The fraction of sp³-hybridized carbons (Fsp3) is 0.600. The van der Waals surface area contributed by atoms with Gasteiger partial charge >= 0.3 is 0 Å². The molecule has 0 aliphatic carbocycles. The van der Waals surface area contributed by atoms with E-state index < -0.39 is 0 Å². The largest absolute Gasteiger partial charge is 0.396 e. The van der Waals surface area contributed by atoms with Crippen LogP contribution in [0.4, 0.5) is 0 Å².